The first-order chi connectivity index (χ1) is 12.2. The van der Waals surface area contributed by atoms with Gasteiger partial charge in [-0.1, -0.05) is 6.07 Å². The lowest BCUT2D eigenvalue weighted by atomic mass is 10.2. The molecule has 2 heterocycles. The van der Waals surface area contributed by atoms with Gasteiger partial charge in [-0.05, 0) is 43.9 Å². The minimum absolute atomic E-state index is 0.284. The molecule has 2 amide bonds. The van der Waals surface area contributed by atoms with E-state index in [2.05, 4.69) is 36.0 Å². The third-order valence-corrected chi connectivity index (χ3v) is 4.42. The number of aromatic nitrogens is 5. The number of carbonyl (C=O) groups is 1. The van der Waals surface area contributed by atoms with E-state index in [9.17, 15) is 4.79 Å². The molecule has 1 aliphatic rings. The standard InChI is InChI=1S/C17H19N7O/c1-10-11-4-2-5-12(11)20-15(19-10)8-9-18-17(25)21-13-6-3-7-14-16(13)23-24-22-14/h3,6-7H,2,4-5,8-9H2,1H3,(H2,18,21,25)(H,22,23,24). The zero-order valence-corrected chi connectivity index (χ0v) is 14.0. The summed E-state index contributed by atoms with van der Waals surface area (Å²) in [6.07, 6.45) is 3.87. The maximum atomic E-state index is 12.1. The van der Waals surface area contributed by atoms with Crippen molar-refractivity contribution >= 4 is 22.8 Å². The number of carbonyl (C=O) groups excluding carboxylic acids is 1. The van der Waals surface area contributed by atoms with Crippen LogP contribution in [0.4, 0.5) is 10.5 Å². The number of anilines is 1. The van der Waals surface area contributed by atoms with Crippen LogP contribution in [-0.4, -0.2) is 38.0 Å². The molecule has 25 heavy (non-hydrogen) atoms. The summed E-state index contributed by atoms with van der Waals surface area (Å²) in [7, 11) is 0. The number of nitrogens with one attached hydrogen (secondary N) is 3. The second-order valence-corrected chi connectivity index (χ2v) is 6.13. The number of amides is 2. The Morgan fingerprint density at radius 2 is 2.16 bits per heavy atom. The molecular formula is C17H19N7O. The highest BCUT2D eigenvalue weighted by molar-refractivity contribution is 5.98. The molecule has 0 fully saturated rings. The highest BCUT2D eigenvalue weighted by Crippen LogP contribution is 2.22. The summed E-state index contributed by atoms with van der Waals surface area (Å²) in [6.45, 7) is 2.51. The van der Waals surface area contributed by atoms with Gasteiger partial charge in [0.15, 0.2) is 0 Å². The smallest absolute Gasteiger partial charge is 0.319 e. The van der Waals surface area contributed by atoms with Crippen molar-refractivity contribution in [3.8, 4) is 0 Å². The van der Waals surface area contributed by atoms with Crippen molar-refractivity contribution < 1.29 is 4.79 Å². The van der Waals surface area contributed by atoms with Crippen molar-refractivity contribution in [2.45, 2.75) is 32.6 Å². The summed E-state index contributed by atoms with van der Waals surface area (Å²) in [5.74, 6) is 0.789. The predicted molar refractivity (Wildman–Crippen MR) is 93.4 cm³/mol. The van der Waals surface area contributed by atoms with Crippen LogP contribution >= 0.6 is 0 Å². The number of para-hydroxylation sites is 1. The third-order valence-electron chi connectivity index (χ3n) is 4.42. The molecule has 3 N–H and O–H groups in total. The molecule has 128 valence electrons. The van der Waals surface area contributed by atoms with Gasteiger partial charge in [-0.15, -0.1) is 0 Å². The van der Waals surface area contributed by atoms with Crippen LogP contribution in [0.1, 0.15) is 29.2 Å². The average molecular weight is 337 g/mol. The van der Waals surface area contributed by atoms with Gasteiger partial charge in [0.1, 0.15) is 16.9 Å². The van der Waals surface area contributed by atoms with E-state index >= 15 is 0 Å². The van der Waals surface area contributed by atoms with Gasteiger partial charge in [-0.2, -0.15) is 15.4 Å². The molecule has 0 radical (unpaired) electrons. The number of fused-ring (bicyclic) bond motifs is 2. The number of hydrogen-bond acceptors (Lipinski definition) is 5. The zero-order chi connectivity index (χ0) is 17.2. The minimum Gasteiger partial charge on any atom is -0.337 e. The molecule has 0 unspecified atom stereocenters. The van der Waals surface area contributed by atoms with Crippen LogP contribution in [-0.2, 0) is 19.3 Å². The van der Waals surface area contributed by atoms with E-state index in [1.807, 2.05) is 19.1 Å². The summed E-state index contributed by atoms with van der Waals surface area (Å²) >= 11 is 0. The monoisotopic (exact) mass is 337 g/mol. The number of hydrogen-bond donors (Lipinski definition) is 3. The molecule has 0 spiro atoms. The Morgan fingerprint density at radius 3 is 3.08 bits per heavy atom. The van der Waals surface area contributed by atoms with E-state index in [-0.39, 0.29) is 6.03 Å². The van der Waals surface area contributed by atoms with Gasteiger partial charge in [0, 0.05) is 24.4 Å². The number of urea groups is 1. The molecule has 8 heteroatoms. The Hall–Kier alpha value is -3.03. The van der Waals surface area contributed by atoms with Crippen molar-refractivity contribution in [2.24, 2.45) is 0 Å². The third kappa shape index (κ3) is 3.15. The SMILES string of the molecule is Cc1nc(CCNC(=O)Nc2cccc3n[nH]nc23)nc2c1CCC2. The maximum absolute atomic E-state index is 12.1. The van der Waals surface area contributed by atoms with Crippen molar-refractivity contribution in [1.29, 1.82) is 0 Å². The number of aromatic amines is 1. The van der Waals surface area contributed by atoms with E-state index in [4.69, 9.17) is 0 Å². The van der Waals surface area contributed by atoms with Crippen molar-refractivity contribution in [1.82, 2.24) is 30.7 Å². The fourth-order valence-corrected chi connectivity index (χ4v) is 3.22. The highest BCUT2D eigenvalue weighted by atomic mass is 16.2. The van der Waals surface area contributed by atoms with Crippen molar-refractivity contribution in [3.05, 3.63) is 41.0 Å². The summed E-state index contributed by atoms with van der Waals surface area (Å²) in [6, 6.07) is 5.16. The molecule has 8 nitrogen and oxygen atoms in total. The fourth-order valence-electron chi connectivity index (χ4n) is 3.22. The highest BCUT2D eigenvalue weighted by Gasteiger charge is 2.17. The first-order valence-electron chi connectivity index (χ1n) is 8.40. The van der Waals surface area contributed by atoms with Crippen LogP contribution in [0.2, 0.25) is 0 Å². The number of nitrogens with zero attached hydrogens (tertiary/aromatic N) is 4. The molecule has 0 atom stereocenters. The lowest BCUT2D eigenvalue weighted by molar-refractivity contribution is 0.252. The lowest BCUT2D eigenvalue weighted by Gasteiger charge is -2.09. The van der Waals surface area contributed by atoms with Crippen molar-refractivity contribution in [2.75, 3.05) is 11.9 Å². The second kappa shape index (κ2) is 6.46. The number of rotatable bonds is 4. The van der Waals surface area contributed by atoms with E-state index in [0.717, 1.165) is 30.8 Å². The summed E-state index contributed by atoms with van der Waals surface area (Å²) in [5.41, 5.74) is 5.50. The van der Waals surface area contributed by atoms with Crippen LogP contribution < -0.4 is 10.6 Å². The van der Waals surface area contributed by atoms with Gasteiger partial charge in [0.05, 0.1) is 5.69 Å². The quantitative estimate of drug-likeness (QED) is 0.674. The molecule has 0 aliphatic heterocycles. The van der Waals surface area contributed by atoms with E-state index in [1.165, 1.54) is 11.3 Å². The summed E-state index contributed by atoms with van der Waals surface area (Å²) < 4.78 is 0. The molecule has 2 aromatic heterocycles. The minimum atomic E-state index is -0.284. The van der Waals surface area contributed by atoms with Crippen LogP contribution in [0.15, 0.2) is 18.2 Å². The van der Waals surface area contributed by atoms with Crippen LogP contribution in [0.3, 0.4) is 0 Å². The average Bonchev–Trinajstić information content (AvgIpc) is 3.24. The van der Waals surface area contributed by atoms with Crippen LogP contribution in [0.5, 0.6) is 0 Å². The summed E-state index contributed by atoms with van der Waals surface area (Å²) in [4.78, 5) is 21.3. The lowest BCUT2D eigenvalue weighted by Crippen LogP contribution is -2.31. The molecule has 3 aromatic rings. The molecule has 0 saturated carbocycles. The molecule has 1 aromatic carbocycles. The van der Waals surface area contributed by atoms with Crippen LogP contribution in [0.25, 0.3) is 11.0 Å². The molecular weight excluding hydrogens is 318 g/mol. The largest absolute Gasteiger partial charge is 0.337 e. The van der Waals surface area contributed by atoms with E-state index < -0.39 is 0 Å². The van der Waals surface area contributed by atoms with E-state index in [0.29, 0.717) is 29.7 Å². The first-order valence-corrected chi connectivity index (χ1v) is 8.40. The Bertz CT molecular complexity index is 934. The second-order valence-electron chi connectivity index (χ2n) is 6.13. The number of H-pyrrole nitrogens is 1. The Labute approximate surface area is 144 Å². The Kier molecular flexibility index (Phi) is 4.01. The first kappa shape index (κ1) is 15.5. The molecule has 0 saturated heterocycles. The Morgan fingerprint density at radius 1 is 1.24 bits per heavy atom. The topological polar surface area (TPSA) is 108 Å². The summed E-state index contributed by atoms with van der Waals surface area (Å²) in [5, 5.41) is 16.2. The van der Waals surface area contributed by atoms with Gasteiger partial charge >= 0.3 is 6.03 Å². The molecule has 0 bridgehead atoms. The van der Waals surface area contributed by atoms with Crippen molar-refractivity contribution in [3.63, 3.8) is 0 Å². The normalized spacial score (nSPS) is 13.0. The number of benzene rings is 1. The zero-order valence-electron chi connectivity index (χ0n) is 14.0. The fraction of sp³-hybridized carbons (Fsp3) is 0.353. The molecule has 1 aliphatic carbocycles. The van der Waals surface area contributed by atoms with Gasteiger partial charge in [0.25, 0.3) is 0 Å². The molecule has 4 rings (SSSR count). The van der Waals surface area contributed by atoms with Crippen LogP contribution in [0, 0.1) is 6.92 Å². The van der Waals surface area contributed by atoms with E-state index in [1.54, 1.807) is 6.07 Å². The maximum Gasteiger partial charge on any atom is 0.319 e. The van der Waals surface area contributed by atoms with Gasteiger partial charge in [-0.3, -0.25) is 0 Å². The van der Waals surface area contributed by atoms with Gasteiger partial charge < -0.3 is 10.6 Å². The number of aryl methyl sites for hydroxylation is 2. The Balaban J connectivity index is 1.35. The van der Waals surface area contributed by atoms with Gasteiger partial charge in [0.2, 0.25) is 0 Å². The predicted octanol–water partition coefficient (Wildman–Crippen LogP) is 1.91. The van der Waals surface area contributed by atoms with Gasteiger partial charge in [-0.25, -0.2) is 14.8 Å².